The van der Waals surface area contributed by atoms with Crippen LogP contribution in [0.2, 0.25) is 5.02 Å². The average Bonchev–Trinajstić information content (AvgIpc) is 2.83. The molecule has 0 spiro atoms. The van der Waals surface area contributed by atoms with Crippen LogP contribution in [0.4, 0.5) is 5.69 Å². The maximum absolute atomic E-state index is 13.2. The number of nitrogens with zero attached hydrogens (tertiary/aromatic N) is 5. The van der Waals surface area contributed by atoms with Crippen LogP contribution in [0.3, 0.4) is 0 Å². The highest BCUT2D eigenvalue weighted by Crippen LogP contribution is 2.21. The minimum Gasteiger partial charge on any atom is -0.424 e. The predicted molar refractivity (Wildman–Crippen MR) is 132 cm³/mol. The van der Waals surface area contributed by atoms with Gasteiger partial charge >= 0.3 is 17.4 Å². The molecule has 4 rings (SSSR count). The number of nitrogens with two attached hydrogens (primary N) is 1. The number of hydrogen-bond acceptors (Lipinski definition) is 7. The van der Waals surface area contributed by atoms with Crippen molar-refractivity contribution in [2.75, 3.05) is 0 Å². The molecule has 2 heterocycles. The molecule has 1 amide bonds. The molecule has 0 atom stereocenters. The molecule has 0 saturated heterocycles. The molecular formula is C24H22ClN7O4. The van der Waals surface area contributed by atoms with Gasteiger partial charge in [-0.05, 0) is 55.0 Å². The number of aromatic nitrogens is 5. The smallest absolute Gasteiger partial charge is 0.335 e. The lowest BCUT2D eigenvalue weighted by Gasteiger charge is -2.11. The molecule has 0 radical (unpaired) electrons. The molecule has 0 aliphatic heterocycles. The van der Waals surface area contributed by atoms with Crippen LogP contribution in [0.1, 0.15) is 17.7 Å². The number of aryl methyl sites for hydroxylation is 1. The number of carbonyl (C=O) groups is 1. The van der Waals surface area contributed by atoms with Gasteiger partial charge in [0.05, 0.1) is 12.2 Å². The third-order valence-corrected chi connectivity index (χ3v) is 5.32. The number of halogens is 1. The lowest BCUT2D eigenvalue weighted by Crippen LogP contribution is -2.50. The van der Waals surface area contributed by atoms with Crippen molar-refractivity contribution >= 4 is 23.2 Å². The van der Waals surface area contributed by atoms with Crippen molar-refractivity contribution < 1.29 is 9.53 Å². The molecule has 0 unspecified atom stereocenters. The van der Waals surface area contributed by atoms with Gasteiger partial charge in [0, 0.05) is 29.9 Å². The molecule has 0 fully saturated rings. The van der Waals surface area contributed by atoms with Gasteiger partial charge in [-0.1, -0.05) is 23.7 Å². The summed E-state index contributed by atoms with van der Waals surface area (Å²) in [6.45, 7) is 1.78. The third-order valence-electron chi connectivity index (χ3n) is 5.07. The van der Waals surface area contributed by atoms with Gasteiger partial charge in [-0.25, -0.2) is 29.1 Å². The van der Waals surface area contributed by atoms with Gasteiger partial charge in [0.15, 0.2) is 0 Å². The van der Waals surface area contributed by atoms with E-state index in [-0.39, 0.29) is 31.1 Å². The number of hydrogen-bond donors (Lipinski definition) is 2. The van der Waals surface area contributed by atoms with E-state index < -0.39 is 17.3 Å². The molecule has 0 bridgehead atoms. The second kappa shape index (κ2) is 10.8. The van der Waals surface area contributed by atoms with Gasteiger partial charge in [-0.2, -0.15) is 0 Å². The maximum atomic E-state index is 13.2. The molecule has 4 aromatic rings. The molecule has 2 aromatic heterocycles. The first-order valence-electron chi connectivity index (χ1n) is 10.9. The molecule has 2 aromatic carbocycles. The fraction of sp³-hybridized carbons (Fsp3) is 0.167. The van der Waals surface area contributed by atoms with Crippen molar-refractivity contribution in [3.63, 3.8) is 0 Å². The van der Waals surface area contributed by atoms with E-state index in [2.05, 4.69) is 19.9 Å². The molecule has 0 aliphatic rings. The fourth-order valence-corrected chi connectivity index (χ4v) is 3.39. The first-order chi connectivity index (χ1) is 17.3. The molecule has 3 N–H and O–H groups in total. The standard InChI is InChI=1S/C24H22ClN7O4/c1-15-10-12-27-22(28-15)36-19-8-6-18(7-9-19)29-21-30-23(34)31(13-11-20(26)33)24(35)32(21)14-16-2-4-17(25)5-3-16/h2-10,12H,11,13-14H2,1H3,(H2,26,33)(H,29,30,34). The Labute approximate surface area is 209 Å². The van der Waals surface area contributed by atoms with Crippen molar-refractivity contribution in [2.45, 2.75) is 26.4 Å². The summed E-state index contributed by atoms with van der Waals surface area (Å²) in [5.41, 5.74) is 5.88. The number of amides is 1. The summed E-state index contributed by atoms with van der Waals surface area (Å²) in [5, 5.41) is 0.548. The number of ether oxygens (including phenoxy) is 1. The first-order valence-corrected chi connectivity index (χ1v) is 11.3. The second-order valence-electron chi connectivity index (χ2n) is 7.81. The highest BCUT2D eigenvalue weighted by Gasteiger charge is 2.11. The Morgan fingerprint density at radius 3 is 2.47 bits per heavy atom. The Balaban J connectivity index is 1.72. The second-order valence-corrected chi connectivity index (χ2v) is 8.24. The summed E-state index contributed by atoms with van der Waals surface area (Å²) in [7, 11) is 0. The van der Waals surface area contributed by atoms with Crippen molar-refractivity contribution in [1.82, 2.24) is 24.1 Å². The Hall–Kier alpha value is -4.51. The van der Waals surface area contributed by atoms with Gasteiger partial charge in [0.25, 0.3) is 0 Å². The van der Waals surface area contributed by atoms with E-state index in [1.165, 1.54) is 4.57 Å². The number of primary amides is 1. The van der Waals surface area contributed by atoms with E-state index in [0.29, 0.717) is 16.5 Å². The van der Waals surface area contributed by atoms with Crippen molar-refractivity contribution in [3.05, 3.63) is 104 Å². The highest BCUT2D eigenvalue weighted by molar-refractivity contribution is 6.30. The number of benzene rings is 2. The molecular weight excluding hydrogens is 486 g/mol. The molecule has 11 nitrogen and oxygen atoms in total. The SMILES string of the molecule is Cc1ccnc(Oc2ccc(/N=c3\[nH]c(=O)n(CCC(N)=O)c(=O)n3Cc3ccc(Cl)cc3)cc2)n1. The minimum absolute atomic E-state index is 0.0333. The van der Waals surface area contributed by atoms with Gasteiger partial charge in [0.1, 0.15) is 5.75 Å². The summed E-state index contributed by atoms with van der Waals surface area (Å²) in [4.78, 5) is 52.4. The Morgan fingerprint density at radius 2 is 1.81 bits per heavy atom. The summed E-state index contributed by atoms with van der Waals surface area (Å²) >= 11 is 5.97. The number of aromatic amines is 1. The van der Waals surface area contributed by atoms with Gasteiger partial charge in [-0.15, -0.1) is 0 Å². The minimum atomic E-state index is -0.705. The Morgan fingerprint density at radius 1 is 1.08 bits per heavy atom. The van der Waals surface area contributed by atoms with Gasteiger partial charge < -0.3 is 10.5 Å². The zero-order valence-electron chi connectivity index (χ0n) is 19.2. The van der Waals surface area contributed by atoms with Crippen LogP contribution in [0.15, 0.2) is 75.4 Å². The van der Waals surface area contributed by atoms with Gasteiger partial charge in [-0.3, -0.25) is 14.3 Å². The predicted octanol–water partition coefficient (Wildman–Crippen LogP) is 2.04. The van der Waals surface area contributed by atoms with Crippen LogP contribution in [-0.4, -0.2) is 30.0 Å². The van der Waals surface area contributed by atoms with Crippen molar-refractivity contribution in [1.29, 1.82) is 0 Å². The number of rotatable bonds is 8. The van der Waals surface area contributed by atoms with Gasteiger partial charge in [0.2, 0.25) is 11.5 Å². The molecule has 0 aliphatic carbocycles. The van der Waals surface area contributed by atoms with Crippen LogP contribution < -0.4 is 27.5 Å². The third kappa shape index (κ3) is 6.13. The van der Waals surface area contributed by atoms with Crippen LogP contribution in [0.25, 0.3) is 0 Å². The summed E-state index contributed by atoms with van der Waals surface area (Å²) < 4.78 is 7.87. The number of nitrogens with one attached hydrogen (secondary N) is 1. The summed E-state index contributed by atoms with van der Waals surface area (Å²) in [5.74, 6) is -0.137. The molecule has 36 heavy (non-hydrogen) atoms. The van der Waals surface area contributed by atoms with E-state index in [9.17, 15) is 14.4 Å². The van der Waals surface area contributed by atoms with Crippen molar-refractivity contribution in [2.24, 2.45) is 10.7 Å². The quantitative estimate of drug-likeness (QED) is 0.372. The molecule has 0 saturated carbocycles. The zero-order valence-corrected chi connectivity index (χ0v) is 20.0. The van der Waals surface area contributed by atoms with E-state index in [1.807, 2.05) is 6.92 Å². The lowest BCUT2D eigenvalue weighted by atomic mass is 10.2. The van der Waals surface area contributed by atoms with E-state index in [1.54, 1.807) is 60.8 Å². The maximum Gasteiger partial charge on any atom is 0.335 e. The largest absolute Gasteiger partial charge is 0.424 e. The topological polar surface area (TPSA) is 150 Å². The molecule has 184 valence electrons. The van der Waals surface area contributed by atoms with E-state index in [0.717, 1.165) is 15.8 Å². The van der Waals surface area contributed by atoms with Crippen LogP contribution in [-0.2, 0) is 17.9 Å². The van der Waals surface area contributed by atoms with Crippen LogP contribution in [0.5, 0.6) is 11.8 Å². The number of carbonyl (C=O) groups excluding carboxylic acids is 1. The normalized spacial score (nSPS) is 11.4. The Bertz CT molecular complexity index is 1570. The molecule has 12 heteroatoms. The zero-order chi connectivity index (χ0) is 25.7. The summed E-state index contributed by atoms with van der Waals surface area (Å²) in [6.07, 6.45) is 1.44. The first kappa shape index (κ1) is 24.6. The fourth-order valence-electron chi connectivity index (χ4n) is 3.27. The van der Waals surface area contributed by atoms with Crippen LogP contribution >= 0.6 is 11.6 Å². The van der Waals surface area contributed by atoms with Crippen molar-refractivity contribution in [3.8, 4) is 11.8 Å². The monoisotopic (exact) mass is 507 g/mol. The van der Waals surface area contributed by atoms with Crippen LogP contribution in [0, 0.1) is 6.92 Å². The average molecular weight is 508 g/mol. The highest BCUT2D eigenvalue weighted by atomic mass is 35.5. The number of H-pyrrole nitrogens is 1. The van der Waals surface area contributed by atoms with E-state index in [4.69, 9.17) is 22.1 Å². The lowest BCUT2D eigenvalue weighted by molar-refractivity contribution is -0.118. The van der Waals surface area contributed by atoms with E-state index >= 15 is 0 Å². The summed E-state index contributed by atoms with van der Waals surface area (Å²) in [6, 6.07) is 15.5. The Kier molecular flexibility index (Phi) is 7.40.